The van der Waals surface area contributed by atoms with Crippen molar-refractivity contribution in [2.45, 2.75) is 12.8 Å². The number of carboxylic acid groups (broad SMARTS) is 1. The Labute approximate surface area is 111 Å². The summed E-state index contributed by atoms with van der Waals surface area (Å²) in [5.74, 6) is -1.30. The molecule has 2 heterocycles. The van der Waals surface area contributed by atoms with Gasteiger partial charge in [-0.3, -0.25) is 9.59 Å². The largest absolute Gasteiger partial charge is 0.481 e. The van der Waals surface area contributed by atoms with Crippen LogP contribution in [0.4, 0.5) is 0 Å². The standard InChI is InChI=1S/C11H12BrNO3S/c12-9-4-8(6-17-9)10(14)13-3-1-2-7(5-13)11(15)16/h4,6-7H,1-3,5H2,(H,15,16). The summed E-state index contributed by atoms with van der Waals surface area (Å²) in [6.07, 6.45) is 1.42. The van der Waals surface area contributed by atoms with Crippen molar-refractivity contribution in [2.75, 3.05) is 13.1 Å². The molecule has 1 unspecified atom stereocenters. The first-order chi connectivity index (χ1) is 8.08. The highest BCUT2D eigenvalue weighted by Crippen LogP contribution is 2.24. The summed E-state index contributed by atoms with van der Waals surface area (Å²) in [4.78, 5) is 24.7. The van der Waals surface area contributed by atoms with Gasteiger partial charge in [0.2, 0.25) is 0 Å². The predicted molar refractivity (Wildman–Crippen MR) is 68.3 cm³/mol. The van der Waals surface area contributed by atoms with E-state index >= 15 is 0 Å². The molecule has 1 aromatic rings. The van der Waals surface area contributed by atoms with Crippen LogP contribution in [0.1, 0.15) is 23.2 Å². The van der Waals surface area contributed by atoms with Crippen molar-refractivity contribution >= 4 is 39.1 Å². The molecule has 0 radical (unpaired) electrons. The van der Waals surface area contributed by atoms with E-state index in [2.05, 4.69) is 15.9 Å². The molecule has 17 heavy (non-hydrogen) atoms. The molecule has 1 aromatic heterocycles. The maximum absolute atomic E-state index is 12.1. The second kappa shape index (κ2) is 5.18. The van der Waals surface area contributed by atoms with Gasteiger partial charge in [0.15, 0.2) is 0 Å². The van der Waals surface area contributed by atoms with Crippen molar-refractivity contribution in [3.05, 3.63) is 20.8 Å². The van der Waals surface area contributed by atoms with Crippen LogP contribution >= 0.6 is 27.3 Å². The number of carbonyl (C=O) groups excluding carboxylic acids is 1. The van der Waals surface area contributed by atoms with Gasteiger partial charge in [-0.15, -0.1) is 11.3 Å². The zero-order valence-corrected chi connectivity index (χ0v) is 11.5. The Bertz CT molecular complexity index is 446. The summed E-state index contributed by atoms with van der Waals surface area (Å²) in [5, 5.41) is 10.8. The van der Waals surface area contributed by atoms with Crippen molar-refractivity contribution in [3.63, 3.8) is 0 Å². The summed E-state index contributed by atoms with van der Waals surface area (Å²) in [7, 11) is 0. The van der Waals surface area contributed by atoms with Gasteiger partial charge < -0.3 is 10.0 Å². The average molecular weight is 318 g/mol. The second-order valence-electron chi connectivity index (χ2n) is 4.07. The summed E-state index contributed by atoms with van der Waals surface area (Å²) in [5.41, 5.74) is 0.632. The molecular formula is C11H12BrNO3S. The Kier molecular flexibility index (Phi) is 3.83. The Balaban J connectivity index is 2.07. The first-order valence-electron chi connectivity index (χ1n) is 5.34. The first-order valence-corrected chi connectivity index (χ1v) is 7.01. The molecule has 1 atom stereocenters. The fourth-order valence-corrected chi connectivity index (χ4v) is 3.10. The Morgan fingerprint density at radius 2 is 2.29 bits per heavy atom. The summed E-state index contributed by atoms with van der Waals surface area (Å²) in [6, 6.07) is 1.78. The van der Waals surface area contributed by atoms with Gasteiger partial charge in [-0.25, -0.2) is 0 Å². The summed E-state index contributed by atoms with van der Waals surface area (Å²) < 4.78 is 0.910. The van der Waals surface area contributed by atoms with Crippen LogP contribution in [0.15, 0.2) is 15.2 Å². The smallest absolute Gasteiger partial charge is 0.308 e. The van der Waals surface area contributed by atoms with Crippen molar-refractivity contribution in [1.29, 1.82) is 0 Å². The third-order valence-corrected chi connectivity index (χ3v) is 4.38. The van der Waals surface area contributed by atoms with Crippen molar-refractivity contribution in [2.24, 2.45) is 5.92 Å². The van der Waals surface area contributed by atoms with Crippen molar-refractivity contribution in [3.8, 4) is 0 Å². The van der Waals surface area contributed by atoms with Gasteiger partial charge in [0, 0.05) is 18.5 Å². The van der Waals surface area contributed by atoms with Gasteiger partial charge in [-0.1, -0.05) is 0 Å². The first kappa shape index (κ1) is 12.6. The van der Waals surface area contributed by atoms with Crippen LogP contribution < -0.4 is 0 Å². The Morgan fingerprint density at radius 1 is 1.53 bits per heavy atom. The molecule has 0 aromatic carbocycles. The minimum absolute atomic E-state index is 0.0714. The van der Waals surface area contributed by atoms with Crippen LogP contribution in [0.25, 0.3) is 0 Å². The minimum Gasteiger partial charge on any atom is -0.481 e. The van der Waals surface area contributed by atoms with E-state index in [0.717, 1.165) is 10.2 Å². The van der Waals surface area contributed by atoms with Gasteiger partial charge in [0.1, 0.15) is 0 Å². The monoisotopic (exact) mass is 317 g/mol. The maximum atomic E-state index is 12.1. The molecule has 4 nitrogen and oxygen atoms in total. The molecule has 1 saturated heterocycles. The number of rotatable bonds is 2. The topological polar surface area (TPSA) is 57.6 Å². The zero-order valence-electron chi connectivity index (χ0n) is 9.06. The number of thiophene rings is 1. The SMILES string of the molecule is O=C(O)C1CCCN(C(=O)c2csc(Br)c2)C1. The van der Waals surface area contributed by atoms with Gasteiger partial charge in [0.05, 0.1) is 15.3 Å². The lowest BCUT2D eigenvalue weighted by Gasteiger charge is -2.30. The Hall–Kier alpha value is -0.880. The van der Waals surface area contributed by atoms with Crippen LogP contribution in [-0.4, -0.2) is 35.0 Å². The normalized spacial score (nSPS) is 20.3. The lowest BCUT2D eigenvalue weighted by molar-refractivity contribution is -0.143. The number of aliphatic carboxylic acids is 1. The van der Waals surface area contributed by atoms with Crippen LogP contribution in [0.2, 0.25) is 0 Å². The van der Waals surface area contributed by atoms with Crippen LogP contribution in [-0.2, 0) is 4.79 Å². The molecule has 0 aliphatic carbocycles. The van der Waals surface area contributed by atoms with E-state index in [1.807, 2.05) is 0 Å². The minimum atomic E-state index is -0.811. The number of nitrogens with zero attached hydrogens (tertiary/aromatic N) is 1. The van der Waals surface area contributed by atoms with Gasteiger partial charge in [-0.2, -0.15) is 0 Å². The van der Waals surface area contributed by atoms with Gasteiger partial charge in [0.25, 0.3) is 5.91 Å². The van der Waals surface area contributed by atoms with E-state index in [9.17, 15) is 9.59 Å². The highest BCUT2D eigenvalue weighted by molar-refractivity contribution is 9.11. The molecule has 92 valence electrons. The van der Waals surface area contributed by atoms with E-state index in [1.165, 1.54) is 11.3 Å². The molecule has 1 N–H and O–H groups in total. The number of halogens is 1. The van der Waals surface area contributed by atoms with Gasteiger partial charge in [-0.05, 0) is 34.8 Å². The highest BCUT2D eigenvalue weighted by Gasteiger charge is 2.28. The number of hydrogen-bond donors (Lipinski definition) is 1. The summed E-state index contributed by atoms with van der Waals surface area (Å²) in [6.45, 7) is 0.970. The van der Waals surface area contributed by atoms with E-state index in [-0.39, 0.29) is 5.91 Å². The zero-order chi connectivity index (χ0) is 12.4. The fourth-order valence-electron chi connectivity index (χ4n) is 1.97. The molecular weight excluding hydrogens is 306 g/mol. The third kappa shape index (κ3) is 2.87. The van der Waals surface area contributed by atoms with E-state index in [0.29, 0.717) is 25.1 Å². The molecule has 2 rings (SSSR count). The molecule has 1 aliphatic rings. The number of amides is 1. The fraction of sp³-hybridized carbons (Fsp3) is 0.455. The molecule has 1 fully saturated rings. The van der Waals surface area contributed by atoms with Crippen LogP contribution in [0.3, 0.4) is 0 Å². The maximum Gasteiger partial charge on any atom is 0.308 e. The predicted octanol–water partition coefficient (Wildman–Crippen LogP) is 2.45. The molecule has 1 aliphatic heterocycles. The summed E-state index contributed by atoms with van der Waals surface area (Å²) >= 11 is 4.77. The molecule has 6 heteroatoms. The van der Waals surface area contributed by atoms with Crippen molar-refractivity contribution < 1.29 is 14.7 Å². The molecule has 0 spiro atoms. The molecule has 0 bridgehead atoms. The van der Waals surface area contributed by atoms with E-state index in [4.69, 9.17) is 5.11 Å². The molecule has 1 amide bonds. The number of piperidine rings is 1. The average Bonchev–Trinajstić information content (AvgIpc) is 2.75. The quantitative estimate of drug-likeness (QED) is 0.911. The van der Waals surface area contributed by atoms with E-state index in [1.54, 1.807) is 16.3 Å². The highest BCUT2D eigenvalue weighted by atomic mass is 79.9. The number of hydrogen-bond acceptors (Lipinski definition) is 3. The number of likely N-dealkylation sites (tertiary alicyclic amines) is 1. The van der Waals surface area contributed by atoms with Crippen LogP contribution in [0.5, 0.6) is 0 Å². The van der Waals surface area contributed by atoms with Crippen LogP contribution in [0, 0.1) is 5.92 Å². The van der Waals surface area contributed by atoms with Gasteiger partial charge >= 0.3 is 5.97 Å². The molecule has 0 saturated carbocycles. The Morgan fingerprint density at radius 3 is 2.88 bits per heavy atom. The number of carboxylic acids is 1. The second-order valence-corrected chi connectivity index (χ2v) is 6.36. The van der Waals surface area contributed by atoms with E-state index < -0.39 is 11.9 Å². The lowest BCUT2D eigenvalue weighted by atomic mass is 9.98. The van der Waals surface area contributed by atoms with Crippen molar-refractivity contribution in [1.82, 2.24) is 4.90 Å². The third-order valence-electron chi connectivity index (χ3n) is 2.87. The lowest BCUT2D eigenvalue weighted by Crippen LogP contribution is -2.42. The number of carbonyl (C=O) groups is 2.